The summed E-state index contributed by atoms with van der Waals surface area (Å²) >= 11 is 0. The Balaban J connectivity index is 1.23. The number of imide groups is 1. The number of anilines is 1. The summed E-state index contributed by atoms with van der Waals surface area (Å²) in [6.45, 7) is 1.41. The molecule has 0 N–H and O–H groups in total. The van der Waals surface area contributed by atoms with Gasteiger partial charge in [0.05, 0.1) is 28.7 Å². The van der Waals surface area contributed by atoms with E-state index in [1.54, 1.807) is 48.5 Å². The van der Waals surface area contributed by atoms with Crippen LogP contribution in [-0.4, -0.2) is 23.6 Å². The molecule has 6 heteroatoms. The molecular weight excluding hydrogens is 406 g/mol. The number of ether oxygens (including phenoxy) is 1. The third-order valence-corrected chi connectivity index (χ3v) is 7.49. The summed E-state index contributed by atoms with van der Waals surface area (Å²) in [5, 5.41) is 0. The molecule has 0 unspecified atom stereocenters. The summed E-state index contributed by atoms with van der Waals surface area (Å²) in [5.41, 5.74) is 1.07. The molecule has 1 saturated heterocycles. The Morgan fingerprint density at radius 2 is 1.47 bits per heavy atom. The van der Waals surface area contributed by atoms with E-state index in [-0.39, 0.29) is 52.6 Å². The van der Waals surface area contributed by atoms with Crippen molar-refractivity contribution in [2.75, 3.05) is 4.90 Å². The summed E-state index contributed by atoms with van der Waals surface area (Å²) in [6, 6.07) is 12.9. The van der Waals surface area contributed by atoms with Crippen molar-refractivity contribution in [1.29, 1.82) is 0 Å². The van der Waals surface area contributed by atoms with Crippen LogP contribution in [0.2, 0.25) is 0 Å². The summed E-state index contributed by atoms with van der Waals surface area (Å²) in [4.78, 5) is 52.1. The van der Waals surface area contributed by atoms with Crippen molar-refractivity contribution in [1.82, 2.24) is 0 Å². The summed E-state index contributed by atoms with van der Waals surface area (Å²) in [6.07, 6.45) is 5.42. The smallest absolute Gasteiger partial charge is 0.343 e. The first-order valence-electron chi connectivity index (χ1n) is 10.9. The fourth-order valence-corrected chi connectivity index (χ4v) is 5.96. The van der Waals surface area contributed by atoms with Crippen molar-refractivity contribution in [2.24, 2.45) is 35.5 Å². The first-order valence-corrected chi connectivity index (χ1v) is 10.9. The summed E-state index contributed by atoms with van der Waals surface area (Å²) in [5.74, 6) is 0.0751. The van der Waals surface area contributed by atoms with Gasteiger partial charge in [0.25, 0.3) is 0 Å². The lowest BCUT2D eigenvalue weighted by Gasteiger charge is -2.37. The van der Waals surface area contributed by atoms with Gasteiger partial charge in [-0.25, -0.2) is 4.79 Å². The fourth-order valence-electron chi connectivity index (χ4n) is 5.96. The van der Waals surface area contributed by atoms with E-state index in [1.807, 2.05) is 0 Å². The van der Waals surface area contributed by atoms with Crippen molar-refractivity contribution in [3.8, 4) is 5.75 Å². The van der Waals surface area contributed by atoms with Gasteiger partial charge in [-0.3, -0.25) is 19.3 Å². The Labute approximate surface area is 184 Å². The third kappa shape index (κ3) is 2.65. The van der Waals surface area contributed by atoms with Crippen LogP contribution in [0.3, 0.4) is 0 Å². The van der Waals surface area contributed by atoms with E-state index in [0.717, 1.165) is 6.42 Å². The number of nitrogens with zero attached hydrogens (tertiary/aromatic N) is 1. The third-order valence-electron chi connectivity index (χ3n) is 7.49. The Morgan fingerprint density at radius 3 is 2.06 bits per heavy atom. The van der Waals surface area contributed by atoms with E-state index >= 15 is 0 Å². The zero-order chi connectivity index (χ0) is 22.1. The van der Waals surface area contributed by atoms with Crippen molar-refractivity contribution in [2.45, 2.75) is 13.3 Å². The molecule has 6 atom stereocenters. The molecule has 2 amide bonds. The Hall–Kier alpha value is -3.54. The van der Waals surface area contributed by atoms with Gasteiger partial charge in [0, 0.05) is 0 Å². The van der Waals surface area contributed by atoms with Gasteiger partial charge in [-0.15, -0.1) is 0 Å². The first kappa shape index (κ1) is 19.2. The maximum absolute atomic E-state index is 13.2. The largest absolute Gasteiger partial charge is 0.422 e. The zero-order valence-electron chi connectivity index (χ0n) is 17.4. The second-order valence-electron chi connectivity index (χ2n) is 9.16. The van der Waals surface area contributed by atoms with E-state index < -0.39 is 5.97 Å². The van der Waals surface area contributed by atoms with E-state index in [1.165, 1.54) is 11.8 Å². The molecule has 2 bridgehead atoms. The molecule has 1 heterocycles. The predicted molar refractivity (Wildman–Crippen MR) is 115 cm³/mol. The molecule has 32 heavy (non-hydrogen) atoms. The van der Waals surface area contributed by atoms with Crippen LogP contribution in [0.4, 0.5) is 5.69 Å². The van der Waals surface area contributed by atoms with Crippen LogP contribution in [0.25, 0.3) is 0 Å². The Kier molecular flexibility index (Phi) is 4.03. The van der Waals surface area contributed by atoms with Crippen molar-refractivity contribution in [3.63, 3.8) is 0 Å². The van der Waals surface area contributed by atoms with Crippen molar-refractivity contribution < 1.29 is 23.9 Å². The lowest BCUT2D eigenvalue weighted by Crippen LogP contribution is -2.40. The molecule has 1 aliphatic heterocycles. The first-order chi connectivity index (χ1) is 15.5. The second-order valence-corrected chi connectivity index (χ2v) is 9.16. The van der Waals surface area contributed by atoms with Gasteiger partial charge in [-0.05, 0) is 73.4 Å². The fraction of sp³-hybridized carbons (Fsp3) is 0.308. The lowest BCUT2D eigenvalue weighted by molar-refractivity contribution is -0.124. The molecule has 3 fully saturated rings. The average Bonchev–Trinajstić information content (AvgIpc) is 3.57. The van der Waals surface area contributed by atoms with Crippen molar-refractivity contribution >= 4 is 29.3 Å². The van der Waals surface area contributed by atoms with Crippen LogP contribution in [-0.2, 0) is 9.59 Å². The van der Waals surface area contributed by atoms with Gasteiger partial charge < -0.3 is 4.74 Å². The summed E-state index contributed by atoms with van der Waals surface area (Å²) < 4.78 is 5.42. The van der Waals surface area contributed by atoms with Gasteiger partial charge >= 0.3 is 5.97 Å². The molecule has 2 saturated carbocycles. The SMILES string of the molecule is CC(=O)c1ccccc1OC(=O)c1ccc(N2C(=O)[C@@H]3[C@H]4C=C[C@@H]([C@@H]5C[C@H]45)[C@H]3C2=O)cc1. The molecule has 7 rings (SSSR count). The van der Waals surface area contributed by atoms with Crippen LogP contribution < -0.4 is 9.64 Å². The lowest BCUT2D eigenvalue weighted by atomic mass is 9.63. The van der Waals surface area contributed by atoms with Crippen LogP contribution in [0.1, 0.15) is 34.1 Å². The topological polar surface area (TPSA) is 80.8 Å². The standard InChI is InChI=1S/C26H21NO5/c1-13(28)16-4-2-3-5-21(16)32-26(31)14-6-8-15(9-7-14)27-24(29)22-17-10-11-18(20-12-19(17)20)23(22)25(27)30/h2-11,17-20,22-23H,12H2,1H3/t17-,18-,19-,20+,22+,23+/m0/s1. The Bertz CT molecular complexity index is 1180. The number of rotatable bonds is 4. The highest BCUT2D eigenvalue weighted by molar-refractivity contribution is 6.22. The molecule has 4 aliphatic carbocycles. The number of Topliss-reactive ketones (excluding diaryl/α,β-unsaturated/α-hetero) is 1. The number of para-hydroxylation sites is 1. The molecule has 2 aromatic carbocycles. The molecule has 0 radical (unpaired) electrons. The molecule has 5 aliphatic rings. The number of hydrogen-bond acceptors (Lipinski definition) is 5. The monoisotopic (exact) mass is 427 g/mol. The maximum Gasteiger partial charge on any atom is 0.343 e. The molecule has 6 nitrogen and oxygen atoms in total. The minimum Gasteiger partial charge on any atom is -0.422 e. The van der Waals surface area contributed by atoms with E-state index in [0.29, 0.717) is 23.1 Å². The van der Waals surface area contributed by atoms with E-state index in [2.05, 4.69) is 12.2 Å². The normalized spacial score (nSPS) is 31.3. The number of allylic oxidation sites excluding steroid dienone is 2. The highest BCUT2D eigenvalue weighted by Gasteiger charge is 2.67. The molecule has 2 aromatic rings. The van der Waals surface area contributed by atoms with Gasteiger partial charge in [0.1, 0.15) is 5.75 Å². The highest BCUT2D eigenvalue weighted by atomic mass is 16.5. The van der Waals surface area contributed by atoms with Crippen LogP contribution >= 0.6 is 0 Å². The Morgan fingerprint density at radius 1 is 0.875 bits per heavy atom. The predicted octanol–water partition coefficient (Wildman–Crippen LogP) is 3.67. The van der Waals surface area contributed by atoms with Crippen LogP contribution in [0.15, 0.2) is 60.7 Å². The average molecular weight is 427 g/mol. The van der Waals surface area contributed by atoms with Gasteiger partial charge in [0.15, 0.2) is 5.78 Å². The van der Waals surface area contributed by atoms with Gasteiger partial charge in [-0.1, -0.05) is 24.3 Å². The van der Waals surface area contributed by atoms with Gasteiger partial charge in [0.2, 0.25) is 11.8 Å². The summed E-state index contributed by atoms with van der Waals surface area (Å²) in [7, 11) is 0. The molecule has 0 aromatic heterocycles. The quantitative estimate of drug-likeness (QED) is 0.245. The zero-order valence-corrected chi connectivity index (χ0v) is 17.4. The molecule has 0 spiro atoms. The van der Waals surface area contributed by atoms with E-state index in [4.69, 9.17) is 4.74 Å². The molecular formula is C26H21NO5. The number of ketones is 1. The van der Waals surface area contributed by atoms with Crippen LogP contribution in [0, 0.1) is 35.5 Å². The number of hydrogen-bond donors (Lipinski definition) is 0. The van der Waals surface area contributed by atoms with E-state index in [9.17, 15) is 19.2 Å². The van der Waals surface area contributed by atoms with Crippen LogP contribution in [0.5, 0.6) is 5.75 Å². The number of benzene rings is 2. The minimum atomic E-state index is -0.611. The number of esters is 1. The molecule has 160 valence electrons. The maximum atomic E-state index is 13.2. The number of carbonyl (C=O) groups is 4. The minimum absolute atomic E-state index is 0.129. The number of carbonyl (C=O) groups excluding carboxylic acids is 4. The van der Waals surface area contributed by atoms with Crippen molar-refractivity contribution in [3.05, 3.63) is 71.8 Å². The second kappa shape index (κ2) is 6.73. The van der Waals surface area contributed by atoms with Gasteiger partial charge in [-0.2, -0.15) is 0 Å². The highest BCUT2D eigenvalue weighted by Crippen LogP contribution is 2.65. The number of amides is 2.